The van der Waals surface area contributed by atoms with Gasteiger partial charge in [-0.05, 0) is 25.0 Å². The molecule has 0 aliphatic rings. The topological polar surface area (TPSA) is 90.6 Å². The van der Waals surface area contributed by atoms with Crippen molar-refractivity contribution in [3.63, 3.8) is 0 Å². The third-order valence-corrected chi connectivity index (χ3v) is 4.23. The number of nitriles is 1. The predicted molar refractivity (Wildman–Crippen MR) is 102 cm³/mol. The summed E-state index contributed by atoms with van der Waals surface area (Å²) < 4.78 is 1.54. The summed E-state index contributed by atoms with van der Waals surface area (Å²) in [6.07, 6.45) is 1.93. The number of anilines is 1. The first kappa shape index (κ1) is 17.7. The van der Waals surface area contributed by atoms with E-state index in [1.807, 2.05) is 12.1 Å². The van der Waals surface area contributed by atoms with Crippen molar-refractivity contribution >= 4 is 17.0 Å². The minimum absolute atomic E-state index is 0.208. The highest BCUT2D eigenvalue weighted by atomic mass is 16.1. The van der Waals surface area contributed by atoms with E-state index in [2.05, 4.69) is 34.9 Å². The average molecular weight is 350 g/mol. The summed E-state index contributed by atoms with van der Waals surface area (Å²) in [4.78, 5) is 22.4. The molecule has 0 amide bonds. The molecular weight excluding hydrogens is 328 g/mol. The van der Waals surface area contributed by atoms with E-state index in [9.17, 15) is 4.79 Å². The summed E-state index contributed by atoms with van der Waals surface area (Å²) >= 11 is 0. The number of hydrogen-bond donors (Lipinski definition) is 1. The molecule has 0 fully saturated rings. The highest BCUT2D eigenvalue weighted by Gasteiger charge is 2.18. The lowest BCUT2D eigenvalue weighted by Crippen LogP contribution is -2.29. The maximum absolute atomic E-state index is 12.7. The Morgan fingerprint density at radius 3 is 2.65 bits per heavy atom. The van der Waals surface area contributed by atoms with Gasteiger partial charge in [0.05, 0.1) is 11.6 Å². The van der Waals surface area contributed by atoms with Crippen LogP contribution in [0.5, 0.6) is 0 Å². The second kappa shape index (κ2) is 7.40. The summed E-state index contributed by atoms with van der Waals surface area (Å²) in [5.74, 6) is 0.567. The second-order valence-corrected chi connectivity index (χ2v) is 6.24. The molecule has 0 aliphatic carbocycles. The number of aromatic nitrogens is 4. The van der Waals surface area contributed by atoms with Crippen LogP contribution in [0, 0.1) is 11.3 Å². The zero-order valence-electron chi connectivity index (χ0n) is 15.3. The average Bonchev–Trinajstić information content (AvgIpc) is 2.98. The van der Waals surface area contributed by atoms with Gasteiger partial charge in [0.15, 0.2) is 5.52 Å². The molecular formula is C19H22N6O. The Morgan fingerprint density at radius 2 is 2.00 bits per heavy atom. The molecule has 26 heavy (non-hydrogen) atoms. The van der Waals surface area contributed by atoms with Crippen molar-refractivity contribution in [2.45, 2.75) is 26.7 Å². The molecule has 0 radical (unpaired) electrons. The molecule has 3 rings (SSSR count). The van der Waals surface area contributed by atoms with Gasteiger partial charge in [0.1, 0.15) is 11.2 Å². The number of nitrogens with zero attached hydrogens (tertiary/aromatic N) is 5. The summed E-state index contributed by atoms with van der Waals surface area (Å²) in [5, 5.41) is 13.6. The maximum atomic E-state index is 12.7. The summed E-state index contributed by atoms with van der Waals surface area (Å²) in [7, 11) is 1.73. The normalized spacial score (nSPS) is 10.8. The van der Waals surface area contributed by atoms with E-state index in [4.69, 9.17) is 10.2 Å². The van der Waals surface area contributed by atoms with Gasteiger partial charge in [0.2, 0.25) is 5.95 Å². The van der Waals surface area contributed by atoms with Gasteiger partial charge in [-0.15, -0.1) is 0 Å². The molecule has 1 aromatic carbocycles. The lowest BCUT2D eigenvalue weighted by atomic mass is 10.1. The van der Waals surface area contributed by atoms with Crippen LogP contribution in [0.3, 0.4) is 0 Å². The molecule has 0 spiro atoms. The van der Waals surface area contributed by atoms with E-state index in [0.717, 1.165) is 31.5 Å². The van der Waals surface area contributed by atoms with Gasteiger partial charge in [0.25, 0.3) is 5.56 Å². The van der Waals surface area contributed by atoms with Crippen LogP contribution < -0.4 is 10.5 Å². The van der Waals surface area contributed by atoms with Crippen LogP contribution in [0.15, 0.2) is 29.1 Å². The molecule has 3 aromatic rings. The van der Waals surface area contributed by atoms with Crippen molar-refractivity contribution in [3.8, 4) is 17.3 Å². The molecule has 134 valence electrons. The zero-order valence-corrected chi connectivity index (χ0v) is 15.3. The third-order valence-electron chi connectivity index (χ3n) is 4.23. The molecule has 0 saturated carbocycles. The fourth-order valence-corrected chi connectivity index (χ4v) is 3.11. The predicted octanol–water partition coefficient (Wildman–Crippen LogP) is 2.82. The van der Waals surface area contributed by atoms with E-state index in [1.165, 1.54) is 0 Å². The highest BCUT2D eigenvalue weighted by Crippen LogP contribution is 2.26. The molecule has 7 heteroatoms. The lowest BCUT2D eigenvalue weighted by molar-refractivity contribution is 0.721. The highest BCUT2D eigenvalue weighted by molar-refractivity contribution is 5.90. The molecule has 2 aromatic heterocycles. The molecule has 0 unspecified atom stereocenters. The van der Waals surface area contributed by atoms with Crippen molar-refractivity contribution in [1.29, 1.82) is 5.26 Å². The fourth-order valence-electron chi connectivity index (χ4n) is 3.11. The van der Waals surface area contributed by atoms with Gasteiger partial charge in [-0.1, -0.05) is 26.0 Å². The fraction of sp³-hybridized carbons (Fsp3) is 0.368. The van der Waals surface area contributed by atoms with Crippen LogP contribution >= 0.6 is 0 Å². The summed E-state index contributed by atoms with van der Waals surface area (Å²) in [6, 6.07) is 9.32. The number of rotatable bonds is 6. The van der Waals surface area contributed by atoms with Crippen molar-refractivity contribution < 1.29 is 0 Å². The van der Waals surface area contributed by atoms with E-state index in [1.54, 1.807) is 23.9 Å². The first-order chi connectivity index (χ1) is 12.6. The first-order valence-electron chi connectivity index (χ1n) is 8.81. The second-order valence-electron chi connectivity index (χ2n) is 6.24. The number of nitrogens with one attached hydrogen (secondary N) is 1. The van der Waals surface area contributed by atoms with E-state index >= 15 is 0 Å². The van der Waals surface area contributed by atoms with Crippen LogP contribution in [0.1, 0.15) is 32.3 Å². The van der Waals surface area contributed by atoms with Gasteiger partial charge < -0.3 is 4.90 Å². The zero-order chi connectivity index (χ0) is 18.7. The largest absolute Gasteiger partial charge is 0.342 e. The smallest absolute Gasteiger partial charge is 0.278 e. The number of benzene rings is 1. The molecule has 2 heterocycles. The number of hydrogen-bond acceptors (Lipinski definition) is 5. The van der Waals surface area contributed by atoms with Gasteiger partial charge in [0, 0.05) is 25.7 Å². The maximum Gasteiger partial charge on any atom is 0.278 e. The van der Waals surface area contributed by atoms with E-state index < -0.39 is 0 Å². The Hall–Kier alpha value is -3.14. The molecule has 0 atom stereocenters. The SMILES string of the molecule is CCCN(CCC)c1nc2c(-c3cccc(C#N)c3)nn(C)c2c(=O)[nH]1. The molecule has 1 N–H and O–H groups in total. The van der Waals surface area contributed by atoms with E-state index in [-0.39, 0.29) is 5.56 Å². The Balaban J connectivity index is 2.22. The minimum Gasteiger partial charge on any atom is -0.342 e. The van der Waals surface area contributed by atoms with Crippen LogP contribution in [-0.2, 0) is 7.05 Å². The number of fused-ring (bicyclic) bond motifs is 1. The monoisotopic (exact) mass is 350 g/mol. The Labute approximate surface area is 151 Å². The van der Waals surface area contributed by atoms with Gasteiger partial charge in [-0.25, -0.2) is 4.98 Å². The van der Waals surface area contributed by atoms with Gasteiger partial charge >= 0.3 is 0 Å². The van der Waals surface area contributed by atoms with Gasteiger partial charge in [-0.2, -0.15) is 10.4 Å². The standard InChI is InChI=1S/C19H22N6O/c1-4-9-25(10-5-2)19-21-16-15(14-8-6-7-13(11-14)12-20)23-24(3)17(16)18(26)22-19/h6-8,11H,4-5,9-10H2,1-3H3,(H,21,22,26). The number of aryl methyl sites for hydroxylation is 1. The summed E-state index contributed by atoms with van der Waals surface area (Å²) in [6.45, 7) is 5.84. The van der Waals surface area contributed by atoms with Crippen LogP contribution in [0.25, 0.3) is 22.3 Å². The van der Waals surface area contributed by atoms with Crippen molar-refractivity contribution in [3.05, 3.63) is 40.2 Å². The number of aromatic amines is 1. The Kier molecular flexibility index (Phi) is 5.03. The van der Waals surface area contributed by atoms with Gasteiger partial charge in [-0.3, -0.25) is 14.5 Å². The van der Waals surface area contributed by atoms with Crippen LogP contribution in [0.4, 0.5) is 5.95 Å². The molecule has 0 aliphatic heterocycles. The lowest BCUT2D eigenvalue weighted by Gasteiger charge is -2.21. The Morgan fingerprint density at radius 1 is 1.27 bits per heavy atom. The van der Waals surface area contributed by atoms with Crippen LogP contribution in [0.2, 0.25) is 0 Å². The summed E-state index contributed by atoms with van der Waals surface area (Å²) in [5.41, 5.74) is 2.71. The minimum atomic E-state index is -0.208. The van der Waals surface area contributed by atoms with Crippen molar-refractivity contribution in [2.24, 2.45) is 7.05 Å². The molecule has 0 saturated heterocycles. The molecule has 7 nitrogen and oxygen atoms in total. The van der Waals surface area contributed by atoms with Crippen LogP contribution in [-0.4, -0.2) is 32.8 Å². The van der Waals surface area contributed by atoms with Crippen molar-refractivity contribution in [1.82, 2.24) is 19.7 Å². The number of H-pyrrole nitrogens is 1. The van der Waals surface area contributed by atoms with Crippen molar-refractivity contribution in [2.75, 3.05) is 18.0 Å². The Bertz CT molecular complexity index is 1020. The van der Waals surface area contributed by atoms with E-state index in [0.29, 0.717) is 28.2 Å². The third kappa shape index (κ3) is 3.18. The molecule has 0 bridgehead atoms. The first-order valence-corrected chi connectivity index (χ1v) is 8.81. The quantitative estimate of drug-likeness (QED) is 0.738.